The maximum Gasteiger partial charge on any atom is 0.0594 e. The minimum Gasteiger partial charge on any atom is -0.379 e. The molecule has 0 saturated carbocycles. The summed E-state index contributed by atoms with van der Waals surface area (Å²) in [6, 6.07) is 0.432. The molecule has 0 aromatic heterocycles. The normalized spacial score (nSPS) is 20.7. The number of ether oxygens (including phenoxy) is 1. The number of morpholine rings is 1. The van der Waals surface area contributed by atoms with Crippen molar-refractivity contribution in [3.63, 3.8) is 0 Å². The van der Waals surface area contributed by atoms with Gasteiger partial charge in [-0.15, -0.1) is 0 Å². The van der Waals surface area contributed by atoms with Crippen molar-refractivity contribution in [1.82, 2.24) is 9.80 Å². The Morgan fingerprint density at radius 1 is 1.47 bits per heavy atom. The third-order valence-electron chi connectivity index (χ3n) is 3.61. The van der Waals surface area contributed by atoms with Gasteiger partial charge in [0, 0.05) is 31.9 Å². The summed E-state index contributed by atoms with van der Waals surface area (Å²) in [5, 5.41) is 0. The van der Waals surface area contributed by atoms with Crippen molar-refractivity contribution < 1.29 is 4.74 Å². The van der Waals surface area contributed by atoms with E-state index in [0.717, 1.165) is 32.7 Å². The summed E-state index contributed by atoms with van der Waals surface area (Å²) in [4.78, 5) is 4.64. The fourth-order valence-electron chi connectivity index (χ4n) is 2.37. The molecule has 3 nitrogen and oxygen atoms in total. The number of hydrogen-bond donors (Lipinski definition) is 0. The van der Waals surface area contributed by atoms with Crippen LogP contribution in [-0.4, -0.2) is 49.2 Å². The fourth-order valence-corrected chi connectivity index (χ4v) is 2.37. The average molecular weight is 238 g/mol. The van der Waals surface area contributed by atoms with Crippen molar-refractivity contribution in [3.05, 3.63) is 24.0 Å². The van der Waals surface area contributed by atoms with Crippen LogP contribution in [0.1, 0.15) is 27.2 Å². The molecule has 1 unspecified atom stereocenters. The first-order valence-electron chi connectivity index (χ1n) is 6.48. The van der Waals surface area contributed by atoms with Crippen LogP contribution < -0.4 is 0 Å². The first-order chi connectivity index (χ1) is 8.11. The highest BCUT2D eigenvalue weighted by Crippen LogP contribution is 2.21. The molecule has 17 heavy (non-hydrogen) atoms. The molecule has 1 atom stereocenters. The molecule has 0 aromatic rings. The topological polar surface area (TPSA) is 15.7 Å². The van der Waals surface area contributed by atoms with Crippen LogP contribution in [-0.2, 0) is 4.74 Å². The van der Waals surface area contributed by atoms with Crippen LogP contribution in [0.4, 0.5) is 0 Å². The Morgan fingerprint density at radius 2 is 2.06 bits per heavy atom. The zero-order valence-corrected chi connectivity index (χ0v) is 11.7. The van der Waals surface area contributed by atoms with Crippen LogP contribution >= 0.6 is 0 Å². The van der Waals surface area contributed by atoms with Crippen molar-refractivity contribution in [2.45, 2.75) is 33.2 Å². The molecule has 0 N–H and O–H groups in total. The lowest BCUT2D eigenvalue weighted by molar-refractivity contribution is 0.0233. The van der Waals surface area contributed by atoms with Gasteiger partial charge in [0.2, 0.25) is 0 Å². The van der Waals surface area contributed by atoms with E-state index in [4.69, 9.17) is 4.74 Å². The Labute approximate surface area is 106 Å². The van der Waals surface area contributed by atoms with E-state index in [0.29, 0.717) is 6.04 Å². The Hall–Kier alpha value is -0.800. The molecule has 0 aliphatic carbocycles. The van der Waals surface area contributed by atoms with Crippen LogP contribution in [0.3, 0.4) is 0 Å². The lowest BCUT2D eigenvalue weighted by atomic mass is 10.1. The second-order valence-electron chi connectivity index (χ2n) is 4.64. The lowest BCUT2D eigenvalue weighted by Gasteiger charge is -2.37. The summed E-state index contributed by atoms with van der Waals surface area (Å²) in [6.07, 6.45) is 2.98. The molecule has 0 aromatic carbocycles. The van der Waals surface area contributed by atoms with E-state index < -0.39 is 0 Å². The summed E-state index contributed by atoms with van der Waals surface area (Å²) < 4.78 is 5.41. The standard InChI is InChI=1S/C14H26N2O/c1-6-12(3)14(15(5)7-2)13(4)16-8-10-17-11-9-16/h7,13H,2,6,8-11H2,1,3-5H3/b14-12-. The van der Waals surface area contributed by atoms with Gasteiger partial charge in [-0.25, -0.2) is 0 Å². The minimum atomic E-state index is 0.432. The molecule has 0 bridgehead atoms. The van der Waals surface area contributed by atoms with Gasteiger partial charge in [-0.1, -0.05) is 19.1 Å². The number of nitrogens with zero attached hydrogens (tertiary/aromatic N) is 2. The average Bonchev–Trinajstić information content (AvgIpc) is 2.39. The number of allylic oxidation sites excluding steroid dienone is 1. The molecule has 3 heteroatoms. The van der Waals surface area contributed by atoms with E-state index in [2.05, 4.69) is 44.2 Å². The number of likely N-dealkylation sites (N-methyl/N-ethyl adjacent to an activating group) is 1. The Kier molecular flexibility index (Phi) is 5.72. The molecule has 0 spiro atoms. The van der Waals surface area contributed by atoms with Crippen LogP contribution in [0.2, 0.25) is 0 Å². The molecule has 0 amide bonds. The van der Waals surface area contributed by atoms with Crippen molar-refractivity contribution in [1.29, 1.82) is 0 Å². The maximum atomic E-state index is 5.41. The SMILES string of the molecule is C=CN(C)/C(=C(/C)CC)C(C)N1CCOCC1. The third kappa shape index (κ3) is 3.58. The predicted octanol–water partition coefficient (Wildman–Crippen LogP) is 2.47. The van der Waals surface area contributed by atoms with Gasteiger partial charge in [0.1, 0.15) is 0 Å². The smallest absolute Gasteiger partial charge is 0.0594 e. The molecular formula is C14H26N2O. The summed E-state index contributed by atoms with van der Waals surface area (Å²) in [5.74, 6) is 0. The quantitative estimate of drug-likeness (QED) is 0.732. The molecule has 98 valence electrons. The zero-order valence-electron chi connectivity index (χ0n) is 11.7. The van der Waals surface area contributed by atoms with E-state index in [9.17, 15) is 0 Å². The predicted molar refractivity (Wildman–Crippen MR) is 72.8 cm³/mol. The van der Waals surface area contributed by atoms with E-state index in [1.54, 1.807) is 0 Å². The Balaban J connectivity index is 2.85. The van der Waals surface area contributed by atoms with E-state index in [1.807, 2.05) is 6.20 Å². The summed E-state index contributed by atoms with van der Waals surface area (Å²) in [5.41, 5.74) is 2.82. The van der Waals surface area contributed by atoms with Crippen LogP contribution in [0.15, 0.2) is 24.0 Å². The van der Waals surface area contributed by atoms with Crippen LogP contribution in [0.5, 0.6) is 0 Å². The van der Waals surface area contributed by atoms with E-state index in [-0.39, 0.29) is 0 Å². The maximum absolute atomic E-state index is 5.41. The lowest BCUT2D eigenvalue weighted by Crippen LogP contribution is -2.45. The molecule has 1 heterocycles. The largest absolute Gasteiger partial charge is 0.379 e. The Morgan fingerprint density at radius 3 is 2.53 bits per heavy atom. The van der Waals surface area contributed by atoms with Crippen molar-refractivity contribution in [3.8, 4) is 0 Å². The molecule has 1 saturated heterocycles. The molecule has 1 aliphatic rings. The van der Waals surface area contributed by atoms with Gasteiger partial charge in [-0.05, 0) is 26.5 Å². The van der Waals surface area contributed by atoms with Crippen LogP contribution in [0.25, 0.3) is 0 Å². The van der Waals surface area contributed by atoms with Gasteiger partial charge in [0.05, 0.1) is 13.2 Å². The molecular weight excluding hydrogens is 212 g/mol. The minimum absolute atomic E-state index is 0.432. The van der Waals surface area contributed by atoms with Crippen LogP contribution in [0, 0.1) is 0 Å². The van der Waals surface area contributed by atoms with Gasteiger partial charge < -0.3 is 9.64 Å². The number of hydrogen-bond acceptors (Lipinski definition) is 3. The molecule has 1 aliphatic heterocycles. The first-order valence-corrected chi connectivity index (χ1v) is 6.48. The monoisotopic (exact) mass is 238 g/mol. The molecule has 0 radical (unpaired) electrons. The highest BCUT2D eigenvalue weighted by atomic mass is 16.5. The molecule has 1 fully saturated rings. The zero-order chi connectivity index (χ0) is 12.8. The third-order valence-corrected chi connectivity index (χ3v) is 3.61. The highest BCUT2D eigenvalue weighted by Gasteiger charge is 2.23. The summed E-state index contributed by atoms with van der Waals surface area (Å²) in [7, 11) is 2.08. The molecule has 1 rings (SSSR count). The second-order valence-corrected chi connectivity index (χ2v) is 4.64. The van der Waals surface area contributed by atoms with Gasteiger partial charge in [-0.2, -0.15) is 0 Å². The first kappa shape index (κ1) is 14.3. The van der Waals surface area contributed by atoms with Crippen molar-refractivity contribution in [2.24, 2.45) is 0 Å². The van der Waals surface area contributed by atoms with E-state index >= 15 is 0 Å². The highest BCUT2D eigenvalue weighted by molar-refractivity contribution is 5.18. The number of rotatable bonds is 5. The van der Waals surface area contributed by atoms with Gasteiger partial charge in [-0.3, -0.25) is 4.90 Å². The van der Waals surface area contributed by atoms with Crippen molar-refractivity contribution in [2.75, 3.05) is 33.4 Å². The fraction of sp³-hybridized carbons (Fsp3) is 0.714. The Bertz CT molecular complexity index is 280. The van der Waals surface area contributed by atoms with Gasteiger partial charge in [0.15, 0.2) is 0 Å². The summed E-state index contributed by atoms with van der Waals surface area (Å²) >= 11 is 0. The second kappa shape index (κ2) is 6.82. The van der Waals surface area contributed by atoms with E-state index in [1.165, 1.54) is 11.3 Å². The summed E-state index contributed by atoms with van der Waals surface area (Å²) in [6.45, 7) is 14.3. The van der Waals surface area contributed by atoms with Gasteiger partial charge in [0.25, 0.3) is 0 Å². The van der Waals surface area contributed by atoms with Crippen molar-refractivity contribution >= 4 is 0 Å². The van der Waals surface area contributed by atoms with Gasteiger partial charge >= 0.3 is 0 Å².